The zero-order valence-corrected chi connectivity index (χ0v) is 14.2. The van der Waals surface area contributed by atoms with E-state index in [1.165, 1.54) is 18.0 Å². The van der Waals surface area contributed by atoms with Gasteiger partial charge in [-0.15, -0.1) is 0 Å². The first-order valence-electron chi connectivity index (χ1n) is 8.68. The van der Waals surface area contributed by atoms with E-state index in [1.807, 2.05) is 18.2 Å². The van der Waals surface area contributed by atoms with Crippen molar-refractivity contribution >= 4 is 17.9 Å². The van der Waals surface area contributed by atoms with E-state index in [0.29, 0.717) is 18.5 Å². The van der Waals surface area contributed by atoms with Crippen molar-refractivity contribution in [1.82, 2.24) is 4.90 Å². The molecule has 6 heteroatoms. The number of hydrogen-bond acceptors (Lipinski definition) is 3. The van der Waals surface area contributed by atoms with Crippen LogP contribution in [0.4, 0.5) is 14.5 Å². The third kappa shape index (κ3) is 2.90. The van der Waals surface area contributed by atoms with Gasteiger partial charge < -0.3 is 4.90 Å². The van der Waals surface area contributed by atoms with Crippen molar-refractivity contribution < 1.29 is 13.6 Å². The predicted molar refractivity (Wildman–Crippen MR) is 96.0 cm³/mol. The van der Waals surface area contributed by atoms with Gasteiger partial charge in [0.2, 0.25) is 0 Å². The fraction of sp³-hybridized carbons (Fsp3) is 0.300. The Balaban J connectivity index is 1.52. The molecule has 2 aromatic carbocycles. The Morgan fingerprint density at radius 2 is 1.73 bits per heavy atom. The molecule has 0 aliphatic carbocycles. The molecule has 2 aliphatic rings. The SMILES string of the molecule is O=C1N=CN(c2ccc(F)c(F)c2)C12CCN(Cc1ccccc1)CC2. The lowest BCUT2D eigenvalue weighted by Crippen LogP contribution is -2.56. The number of nitrogens with zero attached hydrogens (tertiary/aromatic N) is 3. The Kier molecular flexibility index (Phi) is 4.28. The Bertz CT molecular complexity index is 845. The molecule has 0 aromatic heterocycles. The number of benzene rings is 2. The number of piperidine rings is 1. The number of amides is 1. The minimum atomic E-state index is -0.924. The van der Waals surface area contributed by atoms with E-state index in [-0.39, 0.29) is 5.91 Å². The molecule has 2 aliphatic heterocycles. The van der Waals surface area contributed by atoms with Gasteiger partial charge in [-0.25, -0.2) is 13.8 Å². The average molecular weight is 355 g/mol. The van der Waals surface area contributed by atoms with Gasteiger partial charge in [0.25, 0.3) is 5.91 Å². The summed E-state index contributed by atoms with van der Waals surface area (Å²) < 4.78 is 26.9. The van der Waals surface area contributed by atoms with Crippen molar-refractivity contribution in [2.24, 2.45) is 4.99 Å². The maximum Gasteiger partial charge on any atom is 0.273 e. The minimum absolute atomic E-state index is 0.207. The summed E-state index contributed by atoms with van der Waals surface area (Å²) >= 11 is 0. The van der Waals surface area contributed by atoms with Crippen LogP contribution in [-0.4, -0.2) is 35.8 Å². The van der Waals surface area contributed by atoms with E-state index in [0.717, 1.165) is 31.8 Å². The quantitative estimate of drug-likeness (QED) is 0.847. The molecule has 0 unspecified atom stereocenters. The molecule has 2 heterocycles. The summed E-state index contributed by atoms with van der Waals surface area (Å²) in [7, 11) is 0. The molecule has 0 bridgehead atoms. The van der Waals surface area contributed by atoms with E-state index < -0.39 is 17.2 Å². The second-order valence-corrected chi connectivity index (χ2v) is 6.81. The number of halogens is 2. The molecule has 0 N–H and O–H groups in total. The van der Waals surface area contributed by atoms with E-state index in [9.17, 15) is 13.6 Å². The van der Waals surface area contributed by atoms with Crippen LogP contribution in [0.15, 0.2) is 53.5 Å². The van der Waals surface area contributed by atoms with Gasteiger partial charge in [-0.3, -0.25) is 9.69 Å². The van der Waals surface area contributed by atoms with Crippen molar-refractivity contribution in [3.05, 3.63) is 65.7 Å². The standard InChI is InChI=1S/C20H19F2N3O/c21-17-7-6-16(12-18(17)22)25-14-23-19(26)20(25)8-10-24(11-9-20)13-15-4-2-1-3-5-15/h1-7,12,14H,8-11,13H2. The number of carbonyl (C=O) groups excluding carboxylic acids is 1. The van der Waals surface area contributed by atoms with E-state index in [4.69, 9.17) is 0 Å². The van der Waals surface area contributed by atoms with Crippen LogP contribution in [0, 0.1) is 11.6 Å². The van der Waals surface area contributed by atoms with Crippen LogP contribution in [0.3, 0.4) is 0 Å². The van der Waals surface area contributed by atoms with Gasteiger partial charge in [-0.05, 0) is 30.5 Å². The molecule has 2 aromatic rings. The predicted octanol–water partition coefficient (Wildman–Crippen LogP) is 3.37. The van der Waals surface area contributed by atoms with Crippen molar-refractivity contribution in [3.8, 4) is 0 Å². The Labute approximate surface area is 150 Å². The van der Waals surface area contributed by atoms with Crippen LogP contribution < -0.4 is 4.90 Å². The molecule has 134 valence electrons. The summed E-state index contributed by atoms with van der Waals surface area (Å²) in [6.45, 7) is 2.31. The first-order valence-corrected chi connectivity index (χ1v) is 8.68. The molecule has 0 saturated carbocycles. The van der Waals surface area contributed by atoms with Crippen LogP contribution in [0.2, 0.25) is 0 Å². The van der Waals surface area contributed by atoms with Crippen molar-refractivity contribution in [3.63, 3.8) is 0 Å². The highest BCUT2D eigenvalue weighted by molar-refractivity contribution is 6.08. The number of hydrogen-bond donors (Lipinski definition) is 0. The van der Waals surface area contributed by atoms with Gasteiger partial charge in [0.1, 0.15) is 5.54 Å². The molecule has 0 radical (unpaired) electrons. The Morgan fingerprint density at radius 3 is 2.42 bits per heavy atom. The van der Waals surface area contributed by atoms with Crippen LogP contribution in [0.1, 0.15) is 18.4 Å². The number of rotatable bonds is 3. The molecule has 1 fully saturated rings. The first kappa shape index (κ1) is 16.8. The lowest BCUT2D eigenvalue weighted by atomic mass is 9.85. The molecule has 4 rings (SSSR count). The number of likely N-dealkylation sites (tertiary alicyclic amines) is 1. The van der Waals surface area contributed by atoms with E-state index >= 15 is 0 Å². The summed E-state index contributed by atoms with van der Waals surface area (Å²) in [4.78, 5) is 20.5. The van der Waals surface area contributed by atoms with E-state index in [2.05, 4.69) is 22.0 Å². The molecule has 1 saturated heterocycles. The lowest BCUT2D eigenvalue weighted by molar-refractivity contribution is -0.123. The summed E-state index contributed by atoms with van der Waals surface area (Å²) in [5.74, 6) is -2.03. The fourth-order valence-corrected chi connectivity index (χ4v) is 3.77. The van der Waals surface area contributed by atoms with Gasteiger partial charge in [0.15, 0.2) is 11.6 Å². The smallest absolute Gasteiger partial charge is 0.273 e. The van der Waals surface area contributed by atoms with Crippen molar-refractivity contribution in [1.29, 1.82) is 0 Å². The fourth-order valence-electron chi connectivity index (χ4n) is 3.77. The van der Waals surface area contributed by atoms with E-state index in [1.54, 1.807) is 4.90 Å². The summed E-state index contributed by atoms with van der Waals surface area (Å²) in [5, 5.41) is 0. The zero-order valence-electron chi connectivity index (χ0n) is 14.2. The van der Waals surface area contributed by atoms with Crippen molar-refractivity contribution in [2.75, 3.05) is 18.0 Å². The highest BCUT2D eigenvalue weighted by Crippen LogP contribution is 2.37. The topological polar surface area (TPSA) is 35.9 Å². The average Bonchev–Trinajstić information content (AvgIpc) is 2.97. The lowest BCUT2D eigenvalue weighted by Gasteiger charge is -2.43. The van der Waals surface area contributed by atoms with Gasteiger partial charge in [0.05, 0.1) is 6.34 Å². The third-order valence-electron chi connectivity index (χ3n) is 5.26. The maximum absolute atomic E-state index is 13.7. The highest BCUT2D eigenvalue weighted by Gasteiger charge is 2.49. The third-order valence-corrected chi connectivity index (χ3v) is 5.26. The molecule has 1 amide bonds. The summed E-state index contributed by atoms with van der Waals surface area (Å²) in [6.07, 6.45) is 2.64. The second kappa shape index (κ2) is 6.61. The Hall–Kier alpha value is -2.60. The van der Waals surface area contributed by atoms with Crippen LogP contribution in [0.5, 0.6) is 0 Å². The van der Waals surface area contributed by atoms with Crippen LogP contribution >= 0.6 is 0 Å². The van der Waals surface area contributed by atoms with Crippen LogP contribution in [0.25, 0.3) is 0 Å². The summed E-state index contributed by atoms with van der Waals surface area (Å²) in [5.41, 5.74) is 0.891. The van der Waals surface area contributed by atoms with Gasteiger partial charge in [0, 0.05) is 31.4 Å². The zero-order chi connectivity index (χ0) is 18.1. The Morgan fingerprint density at radius 1 is 1.00 bits per heavy atom. The highest BCUT2D eigenvalue weighted by atomic mass is 19.2. The molecule has 26 heavy (non-hydrogen) atoms. The second-order valence-electron chi connectivity index (χ2n) is 6.81. The van der Waals surface area contributed by atoms with Gasteiger partial charge in [-0.2, -0.15) is 0 Å². The molecular formula is C20H19F2N3O. The molecule has 1 spiro atoms. The first-order chi connectivity index (χ1) is 12.6. The minimum Gasteiger partial charge on any atom is -0.317 e. The molecule has 0 atom stereocenters. The number of aliphatic imine (C=N–C) groups is 1. The number of anilines is 1. The normalized spacial score (nSPS) is 19.5. The molecule has 4 nitrogen and oxygen atoms in total. The largest absolute Gasteiger partial charge is 0.317 e. The monoisotopic (exact) mass is 355 g/mol. The van der Waals surface area contributed by atoms with Crippen LogP contribution in [-0.2, 0) is 11.3 Å². The van der Waals surface area contributed by atoms with Gasteiger partial charge in [-0.1, -0.05) is 30.3 Å². The van der Waals surface area contributed by atoms with Gasteiger partial charge >= 0.3 is 0 Å². The number of carbonyl (C=O) groups is 1. The molecular weight excluding hydrogens is 336 g/mol. The van der Waals surface area contributed by atoms with Crippen molar-refractivity contribution in [2.45, 2.75) is 24.9 Å². The summed E-state index contributed by atoms with van der Waals surface area (Å²) in [6, 6.07) is 13.9. The maximum atomic E-state index is 13.7.